The number of nitrogens with two attached hydrogens (primary N) is 1. The first-order valence-electron chi connectivity index (χ1n) is 9.60. The normalized spacial score (nSPS) is 15.2. The Morgan fingerprint density at radius 3 is 2.50 bits per heavy atom. The maximum atomic E-state index is 13.3. The van der Waals surface area contributed by atoms with Crippen LogP contribution >= 0.6 is 47.0 Å². The van der Waals surface area contributed by atoms with Crippen molar-refractivity contribution in [2.45, 2.75) is 12.8 Å². The fraction of sp³-hybridized carbons (Fsp3) is 0.136. The molecule has 2 aromatic carbocycles. The highest BCUT2D eigenvalue weighted by Gasteiger charge is 2.39. The molecule has 2 heterocycles. The van der Waals surface area contributed by atoms with E-state index in [-0.39, 0.29) is 32.8 Å². The molecule has 1 atom stereocenters. The van der Waals surface area contributed by atoms with Crippen molar-refractivity contribution < 1.29 is 9.53 Å². The van der Waals surface area contributed by atoms with Crippen LogP contribution in [0.5, 0.6) is 0 Å². The van der Waals surface area contributed by atoms with Crippen molar-refractivity contribution in [1.82, 2.24) is 9.97 Å². The fourth-order valence-electron chi connectivity index (χ4n) is 3.72. The van der Waals surface area contributed by atoms with Crippen LogP contribution in [0.2, 0.25) is 15.1 Å². The van der Waals surface area contributed by atoms with Crippen LogP contribution in [-0.2, 0) is 9.53 Å². The first-order valence-corrected chi connectivity index (χ1v) is 11.1. The summed E-state index contributed by atoms with van der Waals surface area (Å²) in [5.74, 6) is -0.768. The van der Waals surface area contributed by atoms with Crippen LogP contribution in [0.15, 0.2) is 48.0 Å². The number of fused-ring (bicyclic) bond motifs is 1. The molecule has 0 saturated carbocycles. The van der Waals surface area contributed by atoms with Gasteiger partial charge < -0.3 is 20.8 Å². The molecule has 3 aromatic rings. The Kier molecular flexibility index (Phi) is 6.44. The summed E-state index contributed by atoms with van der Waals surface area (Å²) >= 11 is 24.8. The molecule has 4 N–H and O–H groups in total. The molecule has 0 fully saturated rings. The molecule has 0 aliphatic carbocycles. The lowest BCUT2D eigenvalue weighted by molar-refractivity contribution is -0.138. The highest BCUT2D eigenvalue weighted by atomic mass is 35.5. The number of esters is 1. The minimum Gasteiger partial charge on any atom is -0.463 e. The summed E-state index contributed by atoms with van der Waals surface area (Å²) in [6.45, 7) is 1.90. The number of carbonyl (C=O) groups is 1. The van der Waals surface area contributed by atoms with Gasteiger partial charge >= 0.3 is 5.97 Å². The van der Waals surface area contributed by atoms with Gasteiger partial charge in [0.1, 0.15) is 11.6 Å². The first-order chi connectivity index (χ1) is 15.3. The number of nitrogens with zero attached hydrogens (tertiary/aromatic N) is 1. The minimum absolute atomic E-state index is 0.173. The van der Waals surface area contributed by atoms with E-state index in [2.05, 4.69) is 15.3 Å². The number of carbonyl (C=O) groups excluding carboxylic acids is 1. The second-order valence-corrected chi connectivity index (χ2v) is 8.49. The number of H-pyrrole nitrogens is 1. The van der Waals surface area contributed by atoms with Crippen molar-refractivity contribution >= 4 is 70.3 Å². The lowest BCUT2D eigenvalue weighted by Gasteiger charge is -2.32. The quantitative estimate of drug-likeness (QED) is 0.221. The van der Waals surface area contributed by atoms with Gasteiger partial charge in [0.25, 0.3) is 0 Å². The summed E-state index contributed by atoms with van der Waals surface area (Å²) in [5.41, 5.74) is 8.71. The van der Waals surface area contributed by atoms with Crippen molar-refractivity contribution in [2.75, 3.05) is 17.7 Å². The molecule has 1 unspecified atom stereocenters. The number of nitrogen functional groups attached to an aromatic ring is 1. The summed E-state index contributed by atoms with van der Waals surface area (Å²) in [4.78, 5) is 20.6. The standard InChI is InChI=1S/C22H17Cl3N4O2S/c1-2-31-21(30)15-14(13-11(23)8-9-12(24)17(13)25)16-19(26)28-22(32)29-20(16)27-18(15)10-6-4-3-5-7-10/h3-9,14H,2H2,1H3,(H4,26,27,28,29,32). The molecule has 1 aliphatic heterocycles. The average molecular weight is 508 g/mol. The summed E-state index contributed by atoms with van der Waals surface area (Å²) in [6.07, 6.45) is 0. The van der Waals surface area contributed by atoms with Gasteiger partial charge in [-0.05, 0) is 36.8 Å². The van der Waals surface area contributed by atoms with Crippen molar-refractivity contribution in [3.8, 4) is 0 Å². The SMILES string of the molecule is CCOC(=O)C1=C(c2ccccc2)Nc2nc(=S)[nH]c(N)c2C1c1c(Cl)ccc(Cl)c1Cl. The number of aromatic amines is 1. The second-order valence-electron chi connectivity index (χ2n) is 6.91. The third-order valence-corrected chi connectivity index (χ3v) is 6.36. The van der Waals surface area contributed by atoms with E-state index in [1.807, 2.05) is 30.3 Å². The van der Waals surface area contributed by atoms with Gasteiger partial charge in [-0.1, -0.05) is 65.1 Å². The van der Waals surface area contributed by atoms with Crippen LogP contribution in [0.3, 0.4) is 0 Å². The smallest absolute Gasteiger partial charge is 0.337 e. The molecule has 0 spiro atoms. The number of nitrogens with one attached hydrogen (secondary N) is 2. The van der Waals surface area contributed by atoms with E-state index >= 15 is 0 Å². The third-order valence-electron chi connectivity index (χ3n) is 5.02. The average Bonchev–Trinajstić information content (AvgIpc) is 2.76. The Labute approximate surface area is 204 Å². The number of halogens is 3. The predicted molar refractivity (Wildman–Crippen MR) is 131 cm³/mol. The van der Waals surface area contributed by atoms with Crippen molar-refractivity contribution in [3.05, 3.63) is 84.6 Å². The molecule has 164 valence electrons. The van der Waals surface area contributed by atoms with Gasteiger partial charge in [-0.3, -0.25) is 0 Å². The molecule has 1 aliphatic rings. The van der Waals surface area contributed by atoms with E-state index in [0.29, 0.717) is 27.7 Å². The minimum atomic E-state index is -0.821. The van der Waals surface area contributed by atoms with Crippen LogP contribution in [0.25, 0.3) is 5.70 Å². The van der Waals surface area contributed by atoms with Gasteiger partial charge in [-0.2, -0.15) is 0 Å². The maximum Gasteiger partial charge on any atom is 0.337 e. The number of rotatable bonds is 4. The topological polar surface area (TPSA) is 93.0 Å². The summed E-state index contributed by atoms with van der Waals surface area (Å²) < 4.78 is 5.61. The van der Waals surface area contributed by atoms with Gasteiger partial charge in [0.05, 0.1) is 33.8 Å². The van der Waals surface area contributed by atoms with Crippen molar-refractivity contribution in [1.29, 1.82) is 0 Å². The van der Waals surface area contributed by atoms with Crippen LogP contribution in [0.1, 0.15) is 29.5 Å². The molecule has 0 bridgehead atoms. The van der Waals surface area contributed by atoms with Crippen LogP contribution in [0, 0.1) is 4.77 Å². The highest BCUT2D eigenvalue weighted by molar-refractivity contribution is 7.71. The molecule has 1 aromatic heterocycles. The molecule has 6 nitrogen and oxygen atoms in total. The summed E-state index contributed by atoms with van der Waals surface area (Å²) in [7, 11) is 0. The zero-order valence-corrected chi connectivity index (χ0v) is 19.8. The Morgan fingerprint density at radius 1 is 1.12 bits per heavy atom. The molecule has 0 radical (unpaired) electrons. The molecule has 10 heteroatoms. The van der Waals surface area contributed by atoms with Gasteiger partial charge in [0.2, 0.25) is 0 Å². The molecule has 0 saturated heterocycles. The van der Waals surface area contributed by atoms with Crippen LogP contribution < -0.4 is 11.1 Å². The number of hydrogen-bond acceptors (Lipinski definition) is 6. The molecular formula is C22H17Cl3N4O2S. The van der Waals surface area contributed by atoms with Gasteiger partial charge in [0, 0.05) is 16.1 Å². The highest BCUT2D eigenvalue weighted by Crippen LogP contribution is 2.50. The van der Waals surface area contributed by atoms with Crippen molar-refractivity contribution in [2.24, 2.45) is 0 Å². The number of ether oxygens (including phenoxy) is 1. The van der Waals surface area contributed by atoms with Gasteiger partial charge in [-0.15, -0.1) is 0 Å². The van der Waals surface area contributed by atoms with E-state index in [4.69, 9.17) is 57.5 Å². The molecular weight excluding hydrogens is 491 g/mol. The lowest BCUT2D eigenvalue weighted by atomic mass is 9.80. The van der Waals surface area contributed by atoms with E-state index in [1.165, 1.54) is 0 Å². The molecule has 32 heavy (non-hydrogen) atoms. The van der Waals surface area contributed by atoms with Crippen LogP contribution in [0.4, 0.5) is 11.6 Å². The third kappa shape index (κ3) is 3.97. The van der Waals surface area contributed by atoms with E-state index in [1.54, 1.807) is 19.1 Å². The van der Waals surface area contributed by atoms with E-state index < -0.39 is 11.9 Å². The Hall–Kier alpha value is -2.58. The van der Waals surface area contributed by atoms with E-state index in [9.17, 15) is 4.79 Å². The number of benzene rings is 2. The fourth-order valence-corrected chi connectivity index (χ4v) is 4.67. The monoisotopic (exact) mass is 506 g/mol. The zero-order valence-electron chi connectivity index (χ0n) is 16.7. The zero-order chi connectivity index (χ0) is 23.0. The maximum absolute atomic E-state index is 13.3. The van der Waals surface area contributed by atoms with Crippen LogP contribution in [-0.4, -0.2) is 22.5 Å². The Bertz CT molecular complexity index is 1310. The van der Waals surface area contributed by atoms with E-state index in [0.717, 1.165) is 5.56 Å². The number of anilines is 2. The van der Waals surface area contributed by atoms with Gasteiger partial charge in [-0.25, -0.2) is 9.78 Å². The summed E-state index contributed by atoms with van der Waals surface area (Å²) in [5, 5.41) is 4.02. The Balaban J connectivity index is 2.14. The lowest BCUT2D eigenvalue weighted by Crippen LogP contribution is -2.27. The van der Waals surface area contributed by atoms with Gasteiger partial charge in [0.15, 0.2) is 4.77 Å². The largest absolute Gasteiger partial charge is 0.463 e. The summed E-state index contributed by atoms with van der Waals surface area (Å²) in [6, 6.07) is 12.5. The number of aromatic nitrogens is 2. The predicted octanol–water partition coefficient (Wildman–Crippen LogP) is 6.21. The second kappa shape index (κ2) is 9.11. The first kappa shape index (κ1) is 22.6. The number of hydrogen-bond donors (Lipinski definition) is 3. The molecule has 4 rings (SSSR count). The van der Waals surface area contributed by atoms with Crippen molar-refractivity contribution in [3.63, 3.8) is 0 Å². The molecule has 0 amide bonds. The Morgan fingerprint density at radius 2 is 1.81 bits per heavy atom.